The summed E-state index contributed by atoms with van der Waals surface area (Å²) in [6.07, 6.45) is -0.193. The Morgan fingerprint density at radius 1 is 0.891 bits per heavy atom. The molecule has 4 aromatic carbocycles. The molecule has 46 heavy (non-hydrogen) atoms. The van der Waals surface area contributed by atoms with Crippen molar-refractivity contribution in [2.75, 3.05) is 25.3 Å². The van der Waals surface area contributed by atoms with E-state index in [9.17, 15) is 14.7 Å². The van der Waals surface area contributed by atoms with Crippen molar-refractivity contribution in [1.29, 1.82) is 0 Å². The molecule has 1 aliphatic rings. The normalized spacial score (nSPS) is 18.3. The topological polar surface area (TPSA) is 115 Å². The Labute approximate surface area is 273 Å². The van der Waals surface area contributed by atoms with Gasteiger partial charge in [-0.2, -0.15) is 0 Å². The second kappa shape index (κ2) is 16.3. The number of ether oxygens (including phenoxy) is 4. The number of carbonyl (C=O) groups is 2. The molecule has 1 saturated heterocycles. The zero-order chi connectivity index (χ0) is 32.3. The maximum absolute atomic E-state index is 13.0. The van der Waals surface area contributed by atoms with E-state index in [1.165, 1.54) is 7.11 Å². The summed E-state index contributed by atoms with van der Waals surface area (Å²) in [6.45, 7) is -0.0320. The smallest absolute Gasteiger partial charge is 0.328 e. The van der Waals surface area contributed by atoms with E-state index in [4.69, 9.17) is 18.9 Å². The number of urea groups is 1. The van der Waals surface area contributed by atoms with Gasteiger partial charge in [-0.25, -0.2) is 9.59 Å². The molecule has 0 spiro atoms. The van der Waals surface area contributed by atoms with Gasteiger partial charge in [0, 0.05) is 34.7 Å². The molecule has 1 aliphatic heterocycles. The van der Waals surface area contributed by atoms with Crippen molar-refractivity contribution < 1.29 is 33.6 Å². The average molecular weight is 643 g/mol. The third-order valence-electron chi connectivity index (χ3n) is 7.60. The zero-order valence-corrected chi connectivity index (χ0v) is 26.6. The Hall–Kier alpha value is -4.35. The van der Waals surface area contributed by atoms with E-state index in [1.807, 2.05) is 91.0 Å². The molecule has 10 heteroatoms. The number of carbonyl (C=O) groups excluding carboxylic acids is 2. The summed E-state index contributed by atoms with van der Waals surface area (Å²) in [6, 6.07) is 30.9. The summed E-state index contributed by atoms with van der Waals surface area (Å²) in [7, 11) is 2.95. The molecular weight excluding hydrogens is 604 g/mol. The molecule has 2 amide bonds. The molecule has 0 unspecified atom stereocenters. The number of hydrogen-bond donors (Lipinski definition) is 3. The molecule has 0 saturated carbocycles. The largest absolute Gasteiger partial charge is 0.496 e. The van der Waals surface area contributed by atoms with Crippen molar-refractivity contribution in [1.82, 2.24) is 5.32 Å². The fourth-order valence-corrected chi connectivity index (χ4v) is 6.27. The van der Waals surface area contributed by atoms with E-state index in [0.717, 1.165) is 32.9 Å². The first-order valence-corrected chi connectivity index (χ1v) is 16.0. The summed E-state index contributed by atoms with van der Waals surface area (Å²) in [5, 5.41) is 15.1. The number of aliphatic hydroxyl groups is 1. The van der Waals surface area contributed by atoms with Crippen molar-refractivity contribution >= 4 is 29.4 Å². The van der Waals surface area contributed by atoms with Crippen LogP contribution < -0.4 is 15.4 Å². The molecule has 0 aromatic heterocycles. The van der Waals surface area contributed by atoms with Crippen LogP contribution in [0.4, 0.5) is 10.5 Å². The number of para-hydroxylation sites is 1. The van der Waals surface area contributed by atoms with Crippen LogP contribution >= 0.6 is 11.8 Å². The van der Waals surface area contributed by atoms with Crippen LogP contribution in [0.15, 0.2) is 108 Å². The van der Waals surface area contributed by atoms with Crippen molar-refractivity contribution in [2.45, 2.75) is 48.9 Å². The Kier molecular flexibility index (Phi) is 11.7. The Bertz CT molecular complexity index is 1590. The number of aliphatic hydroxyl groups excluding tert-OH is 1. The third kappa shape index (κ3) is 8.88. The van der Waals surface area contributed by atoms with Gasteiger partial charge in [-0.15, -0.1) is 11.8 Å². The summed E-state index contributed by atoms with van der Waals surface area (Å²) in [5.74, 6) is 0.941. The number of thioether (sulfide) groups is 1. The molecule has 240 valence electrons. The summed E-state index contributed by atoms with van der Waals surface area (Å²) in [5.41, 5.74) is 3.95. The van der Waals surface area contributed by atoms with Gasteiger partial charge in [0.1, 0.15) is 11.8 Å². The maximum atomic E-state index is 13.0. The van der Waals surface area contributed by atoms with Gasteiger partial charge in [0.15, 0.2) is 6.29 Å². The number of methoxy groups -OCH3 is 2. The first kappa shape index (κ1) is 33.0. The van der Waals surface area contributed by atoms with Crippen molar-refractivity contribution in [3.05, 3.63) is 125 Å². The lowest BCUT2D eigenvalue weighted by molar-refractivity contribution is -0.245. The number of nitrogens with one attached hydrogen (secondary N) is 2. The van der Waals surface area contributed by atoms with Gasteiger partial charge in [-0.3, -0.25) is 0 Å². The van der Waals surface area contributed by atoms with Gasteiger partial charge in [0.2, 0.25) is 0 Å². The summed E-state index contributed by atoms with van der Waals surface area (Å²) < 4.78 is 23.4. The maximum Gasteiger partial charge on any atom is 0.328 e. The number of amides is 2. The van der Waals surface area contributed by atoms with Crippen LogP contribution in [0.25, 0.3) is 0 Å². The quantitative estimate of drug-likeness (QED) is 0.120. The number of anilines is 1. The molecule has 0 bridgehead atoms. The molecule has 4 aromatic rings. The second-order valence-electron chi connectivity index (χ2n) is 10.8. The van der Waals surface area contributed by atoms with Crippen LogP contribution in [0, 0.1) is 0 Å². The van der Waals surface area contributed by atoms with Crippen LogP contribution in [-0.2, 0) is 32.0 Å². The monoisotopic (exact) mass is 642 g/mol. The lowest BCUT2D eigenvalue weighted by Crippen LogP contribution is -2.45. The van der Waals surface area contributed by atoms with E-state index in [1.54, 1.807) is 31.0 Å². The predicted octanol–water partition coefficient (Wildman–Crippen LogP) is 6.43. The lowest BCUT2D eigenvalue weighted by atomic mass is 10.0. The highest BCUT2D eigenvalue weighted by molar-refractivity contribution is 7.99. The SMILES string of the molecule is COC(=O)[C@H](Cc1ccccc1)NC(=O)Nc1cccc([C@H]2O[C@@H](CSc3ccccc3OC)C[C@@H](c3ccc(CO)cc3)O2)c1. The minimum atomic E-state index is -0.861. The van der Waals surface area contributed by atoms with Crippen molar-refractivity contribution in [3.8, 4) is 5.75 Å². The molecule has 1 fully saturated rings. The zero-order valence-electron chi connectivity index (χ0n) is 25.8. The van der Waals surface area contributed by atoms with Crippen LogP contribution in [-0.4, -0.2) is 49.2 Å². The van der Waals surface area contributed by atoms with Crippen LogP contribution in [0.2, 0.25) is 0 Å². The number of esters is 1. The Balaban J connectivity index is 1.31. The molecule has 4 atom stereocenters. The van der Waals surface area contributed by atoms with Gasteiger partial charge < -0.3 is 34.7 Å². The first-order valence-electron chi connectivity index (χ1n) is 15.0. The Morgan fingerprint density at radius 2 is 1.65 bits per heavy atom. The Morgan fingerprint density at radius 3 is 2.39 bits per heavy atom. The van der Waals surface area contributed by atoms with Gasteiger partial charge in [0.25, 0.3) is 0 Å². The van der Waals surface area contributed by atoms with E-state index >= 15 is 0 Å². The highest BCUT2D eigenvalue weighted by Gasteiger charge is 2.32. The summed E-state index contributed by atoms with van der Waals surface area (Å²) >= 11 is 1.66. The fraction of sp³-hybridized carbons (Fsp3) is 0.278. The highest BCUT2D eigenvalue weighted by Crippen LogP contribution is 2.40. The first-order chi connectivity index (χ1) is 22.4. The molecule has 0 aliphatic carbocycles. The molecule has 1 heterocycles. The molecular formula is C36H38N2O7S. The van der Waals surface area contributed by atoms with E-state index in [-0.39, 0.29) is 18.8 Å². The predicted molar refractivity (Wildman–Crippen MR) is 177 cm³/mol. The molecule has 3 N–H and O–H groups in total. The molecule has 5 rings (SSSR count). The number of hydrogen-bond acceptors (Lipinski definition) is 8. The van der Waals surface area contributed by atoms with Crippen LogP contribution in [0.3, 0.4) is 0 Å². The number of benzene rings is 4. The third-order valence-corrected chi connectivity index (χ3v) is 8.79. The second-order valence-corrected chi connectivity index (χ2v) is 11.9. The van der Waals surface area contributed by atoms with E-state index < -0.39 is 24.3 Å². The van der Waals surface area contributed by atoms with Gasteiger partial charge in [-0.1, -0.05) is 78.9 Å². The summed E-state index contributed by atoms with van der Waals surface area (Å²) in [4.78, 5) is 26.5. The van der Waals surface area contributed by atoms with Crippen LogP contribution in [0.1, 0.15) is 41.1 Å². The van der Waals surface area contributed by atoms with Gasteiger partial charge >= 0.3 is 12.0 Å². The lowest BCUT2D eigenvalue weighted by Gasteiger charge is -2.36. The average Bonchev–Trinajstić information content (AvgIpc) is 3.10. The fourth-order valence-electron chi connectivity index (χ4n) is 5.22. The highest BCUT2D eigenvalue weighted by atomic mass is 32.2. The minimum absolute atomic E-state index is 0.0320. The van der Waals surface area contributed by atoms with Gasteiger partial charge in [0.05, 0.1) is 33.0 Å². The van der Waals surface area contributed by atoms with E-state index in [0.29, 0.717) is 24.3 Å². The van der Waals surface area contributed by atoms with Crippen LogP contribution in [0.5, 0.6) is 5.75 Å². The van der Waals surface area contributed by atoms with Gasteiger partial charge in [-0.05, 0) is 41.0 Å². The van der Waals surface area contributed by atoms with E-state index in [2.05, 4.69) is 10.6 Å². The number of rotatable bonds is 12. The minimum Gasteiger partial charge on any atom is -0.496 e. The molecule has 9 nitrogen and oxygen atoms in total. The van der Waals surface area contributed by atoms with Crippen molar-refractivity contribution in [3.63, 3.8) is 0 Å². The van der Waals surface area contributed by atoms with Crippen molar-refractivity contribution in [2.24, 2.45) is 0 Å². The standard InChI is InChI=1S/C36H38N2O7S/c1-42-31-13-6-7-14-33(31)46-23-29-21-32(26-17-15-25(22-39)16-18-26)45-35(44-29)27-11-8-12-28(20-27)37-36(41)38-30(34(40)43-2)19-24-9-4-3-5-10-24/h3-18,20,29-30,32,35,39H,19,21-23H2,1-2H3,(H2,37,38,41)/t29-,30+,32+,35+/m1/s1. The molecule has 0 radical (unpaired) electrons.